The normalized spacial score (nSPS) is 17.9. The summed E-state index contributed by atoms with van der Waals surface area (Å²) in [5.74, 6) is 1.85. The van der Waals surface area contributed by atoms with Crippen LogP contribution in [0.3, 0.4) is 0 Å². The van der Waals surface area contributed by atoms with Gasteiger partial charge in [0.25, 0.3) is 11.8 Å². The maximum absolute atomic E-state index is 14.3. The fourth-order valence-electron chi connectivity index (χ4n) is 6.81. The molecule has 3 aliphatic rings. The largest absolute Gasteiger partial charge is 0.490 e. The SMILES string of the molecule is CCN(C(=O)c1cc(F)ccc1Oc1nncnc1N1CCC(Oc2ccnc3c2CN(CCC2CN(C)C2)CC3)CC1)C(C)C. The molecule has 0 saturated carbocycles. The van der Waals surface area contributed by atoms with E-state index in [1.165, 1.54) is 49.6 Å². The number of aromatic nitrogens is 4. The van der Waals surface area contributed by atoms with Crippen molar-refractivity contribution in [3.05, 3.63) is 59.4 Å². The first-order chi connectivity index (χ1) is 22.3. The molecule has 1 aromatic carbocycles. The molecule has 0 atom stereocenters. The Labute approximate surface area is 270 Å². The summed E-state index contributed by atoms with van der Waals surface area (Å²) in [6.07, 6.45) is 7.09. The Morgan fingerprint density at radius 2 is 1.91 bits per heavy atom. The lowest BCUT2D eigenvalue weighted by molar-refractivity contribution is 0.0713. The zero-order chi connectivity index (χ0) is 32.2. The molecule has 0 radical (unpaired) electrons. The van der Waals surface area contributed by atoms with Crippen LogP contribution in [0.4, 0.5) is 10.2 Å². The summed E-state index contributed by atoms with van der Waals surface area (Å²) >= 11 is 0. The molecule has 246 valence electrons. The third-order valence-electron chi connectivity index (χ3n) is 9.35. The predicted octanol–water partition coefficient (Wildman–Crippen LogP) is 4.43. The molecule has 2 fully saturated rings. The number of carbonyl (C=O) groups excluding carboxylic acids is 1. The van der Waals surface area contributed by atoms with Gasteiger partial charge in [-0.3, -0.25) is 14.7 Å². The minimum absolute atomic E-state index is 0.0538. The van der Waals surface area contributed by atoms with E-state index in [-0.39, 0.29) is 35.2 Å². The number of hydrogen-bond donors (Lipinski definition) is 0. The van der Waals surface area contributed by atoms with Crippen molar-refractivity contribution in [1.29, 1.82) is 0 Å². The first-order valence-electron chi connectivity index (χ1n) is 16.5. The molecule has 6 rings (SSSR count). The van der Waals surface area contributed by atoms with E-state index >= 15 is 0 Å². The summed E-state index contributed by atoms with van der Waals surface area (Å²) in [5.41, 5.74) is 2.51. The number of likely N-dealkylation sites (tertiary alicyclic amines) is 1. The molecule has 0 unspecified atom stereocenters. The van der Waals surface area contributed by atoms with E-state index in [0.29, 0.717) is 25.5 Å². The van der Waals surface area contributed by atoms with Gasteiger partial charge in [0.05, 0.1) is 5.56 Å². The number of rotatable bonds is 11. The molecule has 0 bridgehead atoms. The Kier molecular flexibility index (Phi) is 9.93. The summed E-state index contributed by atoms with van der Waals surface area (Å²) < 4.78 is 27.1. The number of hydrogen-bond acceptors (Lipinski definition) is 10. The first kappa shape index (κ1) is 32.1. The van der Waals surface area contributed by atoms with Crippen molar-refractivity contribution in [2.45, 2.75) is 65.1 Å². The number of carbonyl (C=O) groups is 1. The maximum Gasteiger partial charge on any atom is 0.282 e. The van der Waals surface area contributed by atoms with Crippen LogP contribution in [0.2, 0.25) is 0 Å². The van der Waals surface area contributed by atoms with E-state index in [0.717, 1.165) is 56.3 Å². The third kappa shape index (κ3) is 7.23. The molecule has 12 heteroatoms. The van der Waals surface area contributed by atoms with E-state index in [2.05, 4.69) is 41.9 Å². The summed E-state index contributed by atoms with van der Waals surface area (Å²) in [4.78, 5) is 31.2. The molecular formula is C34H45FN8O3. The lowest BCUT2D eigenvalue weighted by Gasteiger charge is -2.38. The van der Waals surface area contributed by atoms with Crippen LogP contribution in [0.15, 0.2) is 36.8 Å². The molecule has 5 heterocycles. The number of anilines is 1. The van der Waals surface area contributed by atoms with Crippen LogP contribution in [0.5, 0.6) is 17.4 Å². The molecule has 46 heavy (non-hydrogen) atoms. The summed E-state index contributed by atoms with van der Waals surface area (Å²) in [7, 11) is 2.19. The van der Waals surface area contributed by atoms with Crippen molar-refractivity contribution in [2.24, 2.45) is 5.92 Å². The minimum Gasteiger partial charge on any atom is -0.490 e. The number of ether oxygens (including phenoxy) is 2. The van der Waals surface area contributed by atoms with Crippen molar-refractivity contribution in [3.8, 4) is 17.4 Å². The Morgan fingerprint density at radius 1 is 1.11 bits per heavy atom. The minimum atomic E-state index is -0.514. The Balaban J connectivity index is 1.10. The van der Waals surface area contributed by atoms with Crippen LogP contribution in [0.1, 0.15) is 61.6 Å². The number of fused-ring (bicyclic) bond motifs is 1. The predicted molar refractivity (Wildman–Crippen MR) is 173 cm³/mol. The molecule has 2 saturated heterocycles. The third-order valence-corrected chi connectivity index (χ3v) is 9.35. The van der Waals surface area contributed by atoms with Gasteiger partial charge < -0.3 is 24.2 Å². The highest BCUT2D eigenvalue weighted by atomic mass is 19.1. The number of benzene rings is 1. The van der Waals surface area contributed by atoms with Crippen molar-refractivity contribution < 1.29 is 18.7 Å². The van der Waals surface area contributed by atoms with Crippen molar-refractivity contribution in [2.75, 3.05) is 57.8 Å². The van der Waals surface area contributed by atoms with Gasteiger partial charge in [-0.1, -0.05) is 0 Å². The van der Waals surface area contributed by atoms with Gasteiger partial charge in [0.2, 0.25) is 0 Å². The van der Waals surface area contributed by atoms with Gasteiger partial charge >= 0.3 is 0 Å². The van der Waals surface area contributed by atoms with Crippen LogP contribution in [0.25, 0.3) is 0 Å². The fraction of sp³-hybridized carbons (Fsp3) is 0.559. The van der Waals surface area contributed by atoms with E-state index in [9.17, 15) is 9.18 Å². The fourth-order valence-corrected chi connectivity index (χ4v) is 6.81. The average Bonchev–Trinajstić information content (AvgIpc) is 3.04. The van der Waals surface area contributed by atoms with E-state index < -0.39 is 5.82 Å². The summed E-state index contributed by atoms with van der Waals surface area (Å²) in [6.45, 7) is 13.1. The lowest BCUT2D eigenvalue weighted by atomic mass is 9.96. The zero-order valence-corrected chi connectivity index (χ0v) is 27.4. The van der Waals surface area contributed by atoms with E-state index in [1.807, 2.05) is 33.0 Å². The first-order valence-corrected chi connectivity index (χ1v) is 16.5. The Hall–Kier alpha value is -3.90. The molecule has 3 aliphatic heterocycles. The second kappa shape index (κ2) is 14.3. The highest BCUT2D eigenvalue weighted by molar-refractivity contribution is 5.97. The average molecular weight is 633 g/mol. The van der Waals surface area contributed by atoms with Gasteiger partial charge in [-0.2, -0.15) is 0 Å². The summed E-state index contributed by atoms with van der Waals surface area (Å²) in [6, 6.07) is 5.89. The van der Waals surface area contributed by atoms with Crippen LogP contribution in [0, 0.1) is 11.7 Å². The smallest absolute Gasteiger partial charge is 0.282 e. The highest BCUT2D eigenvalue weighted by Gasteiger charge is 2.29. The molecule has 3 aromatic rings. The van der Waals surface area contributed by atoms with Crippen molar-refractivity contribution >= 4 is 11.7 Å². The second-order valence-electron chi connectivity index (χ2n) is 13.0. The zero-order valence-electron chi connectivity index (χ0n) is 27.4. The monoisotopic (exact) mass is 632 g/mol. The maximum atomic E-state index is 14.3. The van der Waals surface area contributed by atoms with E-state index in [4.69, 9.17) is 9.47 Å². The number of amides is 1. The molecule has 11 nitrogen and oxygen atoms in total. The Morgan fingerprint density at radius 3 is 2.65 bits per heavy atom. The lowest BCUT2D eigenvalue weighted by Crippen LogP contribution is -2.45. The van der Waals surface area contributed by atoms with Crippen LogP contribution < -0.4 is 14.4 Å². The van der Waals surface area contributed by atoms with Crippen LogP contribution >= 0.6 is 0 Å². The molecule has 2 aromatic heterocycles. The van der Waals surface area contributed by atoms with Gasteiger partial charge in [-0.15, -0.1) is 10.2 Å². The Bertz CT molecular complexity index is 1510. The number of pyridine rings is 1. The van der Waals surface area contributed by atoms with Crippen LogP contribution in [-0.4, -0.2) is 106 Å². The second-order valence-corrected chi connectivity index (χ2v) is 13.0. The molecular weight excluding hydrogens is 587 g/mol. The van der Waals surface area contributed by atoms with Gasteiger partial charge in [0.15, 0.2) is 5.82 Å². The molecule has 0 aliphatic carbocycles. The van der Waals surface area contributed by atoms with Gasteiger partial charge in [-0.25, -0.2) is 9.37 Å². The topological polar surface area (TPSA) is 100 Å². The molecule has 1 amide bonds. The van der Waals surface area contributed by atoms with Gasteiger partial charge in [0.1, 0.15) is 29.7 Å². The number of halogens is 1. The standard InChI is InChI=1S/C34H45FN8O3/c1-5-43(23(2)3)34(44)27-18-25(35)6-7-30(27)46-33-32(37-22-38-39-33)42-16-10-26(11-17-42)45-31-8-13-36-29-12-15-41(21-28(29)31)14-9-24-19-40(4)20-24/h6-8,13,18,22-24,26H,5,9-12,14-17,19-21H2,1-4H3. The van der Waals surface area contributed by atoms with E-state index in [1.54, 1.807) is 4.90 Å². The van der Waals surface area contributed by atoms with Crippen LogP contribution in [-0.2, 0) is 13.0 Å². The summed E-state index contributed by atoms with van der Waals surface area (Å²) in [5, 5.41) is 8.15. The van der Waals surface area contributed by atoms with Gasteiger partial charge in [0, 0.05) is 88.6 Å². The quantitative estimate of drug-likeness (QED) is 0.302. The van der Waals surface area contributed by atoms with Crippen molar-refractivity contribution in [1.82, 2.24) is 34.9 Å². The van der Waals surface area contributed by atoms with Crippen molar-refractivity contribution in [3.63, 3.8) is 0 Å². The number of piperidine rings is 1. The highest BCUT2D eigenvalue weighted by Crippen LogP contribution is 2.34. The molecule has 0 N–H and O–H groups in total. The molecule has 0 spiro atoms. The van der Waals surface area contributed by atoms with Gasteiger partial charge in [-0.05, 0) is 71.0 Å². The number of nitrogens with zero attached hydrogens (tertiary/aromatic N) is 8.